The Morgan fingerprint density at radius 2 is 2.09 bits per heavy atom. The van der Waals surface area contributed by atoms with Crippen molar-refractivity contribution < 1.29 is 9.00 Å². The van der Waals surface area contributed by atoms with E-state index in [1.807, 2.05) is 12.1 Å². The van der Waals surface area contributed by atoms with E-state index in [2.05, 4.69) is 29.4 Å². The molecule has 122 valence electrons. The predicted octanol–water partition coefficient (Wildman–Crippen LogP) is 1.87. The quantitative estimate of drug-likeness (QED) is 0.888. The SMILES string of the molecule is CNC(=O)CS(=O)CC1CN(C)CCC1c1ccc(Cl)cc1. The molecular weight excluding hydrogens is 320 g/mol. The van der Waals surface area contributed by atoms with Crippen LogP contribution < -0.4 is 5.32 Å². The number of nitrogens with one attached hydrogen (secondary N) is 1. The highest BCUT2D eigenvalue weighted by Crippen LogP contribution is 2.33. The maximum atomic E-state index is 12.2. The van der Waals surface area contributed by atoms with Crippen LogP contribution in [0, 0.1) is 5.92 Å². The molecule has 1 saturated heterocycles. The summed E-state index contributed by atoms with van der Waals surface area (Å²) in [6.07, 6.45) is 1.04. The fraction of sp³-hybridized carbons (Fsp3) is 0.562. The fourth-order valence-electron chi connectivity index (χ4n) is 3.05. The Labute approximate surface area is 139 Å². The van der Waals surface area contributed by atoms with E-state index in [-0.39, 0.29) is 11.7 Å². The predicted molar refractivity (Wildman–Crippen MR) is 91.7 cm³/mol. The zero-order chi connectivity index (χ0) is 16.1. The smallest absolute Gasteiger partial charge is 0.232 e. The minimum Gasteiger partial charge on any atom is -0.358 e. The first-order valence-corrected chi connectivity index (χ1v) is 9.35. The van der Waals surface area contributed by atoms with E-state index in [1.165, 1.54) is 5.56 Å². The lowest BCUT2D eigenvalue weighted by molar-refractivity contribution is -0.118. The molecule has 3 unspecified atom stereocenters. The number of hydrogen-bond donors (Lipinski definition) is 1. The summed E-state index contributed by atoms with van der Waals surface area (Å²) in [7, 11) is 2.54. The van der Waals surface area contributed by atoms with Crippen molar-refractivity contribution in [3.63, 3.8) is 0 Å². The third kappa shape index (κ3) is 4.80. The number of amides is 1. The molecule has 1 aliphatic heterocycles. The van der Waals surface area contributed by atoms with Crippen molar-refractivity contribution in [2.45, 2.75) is 12.3 Å². The number of rotatable bonds is 5. The first-order chi connectivity index (χ1) is 10.5. The minimum atomic E-state index is -1.13. The molecule has 22 heavy (non-hydrogen) atoms. The molecule has 0 aliphatic carbocycles. The van der Waals surface area contributed by atoms with Crippen LogP contribution in [0.25, 0.3) is 0 Å². The Morgan fingerprint density at radius 1 is 1.41 bits per heavy atom. The van der Waals surface area contributed by atoms with Crippen LogP contribution in [0.1, 0.15) is 17.9 Å². The minimum absolute atomic E-state index is 0.0874. The molecule has 3 atom stereocenters. The lowest BCUT2D eigenvalue weighted by atomic mass is 9.81. The molecule has 6 heteroatoms. The molecule has 1 heterocycles. The summed E-state index contributed by atoms with van der Waals surface area (Å²) in [5.41, 5.74) is 1.25. The van der Waals surface area contributed by atoms with Crippen LogP contribution in [-0.4, -0.2) is 53.7 Å². The molecule has 4 nitrogen and oxygen atoms in total. The lowest BCUT2D eigenvalue weighted by Crippen LogP contribution is -2.40. The van der Waals surface area contributed by atoms with Crippen LogP contribution in [0.5, 0.6) is 0 Å². The van der Waals surface area contributed by atoms with Crippen molar-refractivity contribution in [1.29, 1.82) is 0 Å². The van der Waals surface area contributed by atoms with Gasteiger partial charge in [0.05, 0.1) is 0 Å². The summed E-state index contributed by atoms with van der Waals surface area (Å²) >= 11 is 5.97. The zero-order valence-corrected chi connectivity index (χ0v) is 14.6. The summed E-state index contributed by atoms with van der Waals surface area (Å²) in [6, 6.07) is 7.95. The van der Waals surface area contributed by atoms with Crippen LogP contribution in [0.4, 0.5) is 0 Å². The van der Waals surface area contributed by atoms with Gasteiger partial charge in [-0.05, 0) is 49.5 Å². The summed E-state index contributed by atoms with van der Waals surface area (Å²) in [4.78, 5) is 13.7. The van der Waals surface area contributed by atoms with Gasteiger partial charge in [-0.15, -0.1) is 0 Å². The van der Waals surface area contributed by atoms with Gasteiger partial charge in [0.1, 0.15) is 5.75 Å². The summed E-state index contributed by atoms with van der Waals surface area (Å²) in [5, 5.41) is 3.27. The standard InChI is InChI=1S/C16H23ClN2O2S/c1-18-16(20)11-22(21)10-13-9-19(2)8-7-15(13)12-3-5-14(17)6-4-12/h3-6,13,15H,7-11H2,1-2H3,(H,18,20). The fourth-order valence-corrected chi connectivity index (χ4v) is 4.54. The Bertz CT molecular complexity index is 535. The molecule has 2 rings (SSSR count). The Kier molecular flexibility index (Phi) is 6.41. The first-order valence-electron chi connectivity index (χ1n) is 7.49. The normalized spacial score (nSPS) is 24.0. The number of halogens is 1. The third-order valence-corrected chi connectivity index (χ3v) is 5.84. The molecule has 1 N–H and O–H groups in total. The second-order valence-corrected chi connectivity index (χ2v) is 7.83. The number of benzene rings is 1. The van der Waals surface area contributed by atoms with Crippen LogP contribution >= 0.6 is 11.6 Å². The van der Waals surface area contributed by atoms with Gasteiger partial charge < -0.3 is 10.2 Å². The van der Waals surface area contributed by atoms with Gasteiger partial charge in [-0.3, -0.25) is 9.00 Å². The zero-order valence-electron chi connectivity index (χ0n) is 13.0. The topological polar surface area (TPSA) is 49.4 Å². The highest BCUT2D eigenvalue weighted by Gasteiger charge is 2.30. The Morgan fingerprint density at radius 3 is 2.73 bits per heavy atom. The molecule has 1 amide bonds. The monoisotopic (exact) mass is 342 g/mol. The van der Waals surface area contributed by atoms with Crippen molar-refractivity contribution in [2.75, 3.05) is 38.7 Å². The van der Waals surface area contributed by atoms with E-state index in [4.69, 9.17) is 11.6 Å². The molecule has 0 radical (unpaired) electrons. The van der Waals surface area contributed by atoms with Gasteiger partial charge in [0, 0.05) is 35.2 Å². The number of nitrogens with zero attached hydrogens (tertiary/aromatic N) is 1. The van der Waals surface area contributed by atoms with Crippen molar-refractivity contribution in [1.82, 2.24) is 10.2 Å². The van der Waals surface area contributed by atoms with Crippen molar-refractivity contribution in [3.05, 3.63) is 34.9 Å². The molecule has 1 aliphatic rings. The molecule has 0 aromatic heterocycles. The summed E-state index contributed by atoms with van der Waals surface area (Å²) in [5.74, 6) is 1.16. The highest BCUT2D eigenvalue weighted by molar-refractivity contribution is 7.85. The number of hydrogen-bond acceptors (Lipinski definition) is 3. The van der Waals surface area contributed by atoms with Crippen LogP contribution in [-0.2, 0) is 15.6 Å². The van der Waals surface area contributed by atoms with Crippen molar-refractivity contribution in [2.24, 2.45) is 5.92 Å². The Hall–Kier alpha value is -0.910. The molecule has 1 fully saturated rings. The van der Waals surface area contributed by atoms with Gasteiger partial charge in [-0.1, -0.05) is 23.7 Å². The van der Waals surface area contributed by atoms with E-state index < -0.39 is 10.8 Å². The first kappa shape index (κ1) is 17.4. The average molecular weight is 343 g/mol. The summed E-state index contributed by atoms with van der Waals surface area (Å²) in [6.45, 7) is 1.94. The van der Waals surface area contributed by atoms with Crippen LogP contribution in [0.2, 0.25) is 5.02 Å². The van der Waals surface area contributed by atoms with Gasteiger partial charge in [0.2, 0.25) is 5.91 Å². The van der Waals surface area contributed by atoms with Gasteiger partial charge in [0.25, 0.3) is 0 Å². The molecular formula is C16H23ClN2O2S. The molecule has 0 spiro atoms. The average Bonchev–Trinajstić information content (AvgIpc) is 2.48. The number of carbonyl (C=O) groups excluding carboxylic acids is 1. The van der Waals surface area contributed by atoms with Gasteiger partial charge in [0.15, 0.2) is 0 Å². The molecule has 1 aromatic carbocycles. The van der Waals surface area contributed by atoms with Crippen LogP contribution in [0.3, 0.4) is 0 Å². The third-order valence-electron chi connectivity index (χ3n) is 4.21. The van der Waals surface area contributed by atoms with Crippen LogP contribution in [0.15, 0.2) is 24.3 Å². The maximum absolute atomic E-state index is 12.2. The molecule has 0 bridgehead atoms. The van der Waals surface area contributed by atoms with E-state index >= 15 is 0 Å². The van der Waals surface area contributed by atoms with E-state index in [1.54, 1.807) is 7.05 Å². The molecule has 1 aromatic rings. The summed E-state index contributed by atoms with van der Waals surface area (Å²) < 4.78 is 12.2. The lowest BCUT2D eigenvalue weighted by Gasteiger charge is -2.37. The van der Waals surface area contributed by atoms with Crippen molar-refractivity contribution in [3.8, 4) is 0 Å². The number of piperidine rings is 1. The van der Waals surface area contributed by atoms with Gasteiger partial charge in [-0.25, -0.2) is 0 Å². The van der Waals surface area contributed by atoms with E-state index in [0.29, 0.717) is 17.6 Å². The second kappa shape index (κ2) is 8.09. The van der Waals surface area contributed by atoms with E-state index in [0.717, 1.165) is 24.5 Å². The number of carbonyl (C=O) groups is 1. The Balaban J connectivity index is 2.08. The molecule has 0 saturated carbocycles. The largest absolute Gasteiger partial charge is 0.358 e. The number of likely N-dealkylation sites (tertiary alicyclic amines) is 1. The maximum Gasteiger partial charge on any atom is 0.232 e. The second-order valence-electron chi connectivity index (χ2n) is 5.89. The highest BCUT2D eigenvalue weighted by atomic mass is 35.5. The van der Waals surface area contributed by atoms with Gasteiger partial charge >= 0.3 is 0 Å². The van der Waals surface area contributed by atoms with E-state index in [9.17, 15) is 9.00 Å². The van der Waals surface area contributed by atoms with Gasteiger partial charge in [-0.2, -0.15) is 0 Å². The van der Waals surface area contributed by atoms with Crippen molar-refractivity contribution >= 4 is 28.3 Å².